The topological polar surface area (TPSA) is 70.7 Å². The smallest absolute Gasteiger partial charge is 0.255 e. The average Bonchev–Trinajstić information content (AvgIpc) is 2.71. The molecule has 0 spiro atoms. The number of carbonyl (C=O) groups excluding carboxylic acids is 2. The van der Waals surface area contributed by atoms with Crippen LogP contribution < -0.4 is 15.5 Å². The van der Waals surface area contributed by atoms with E-state index in [0.29, 0.717) is 24.3 Å². The Morgan fingerprint density at radius 2 is 1.68 bits per heavy atom. The summed E-state index contributed by atoms with van der Waals surface area (Å²) in [4.78, 5) is 27.1. The normalized spacial score (nSPS) is 10.4. The summed E-state index contributed by atoms with van der Waals surface area (Å²) in [5.74, 6) is -0.475. The summed E-state index contributed by atoms with van der Waals surface area (Å²) in [7, 11) is 1.58. The zero-order valence-corrected chi connectivity index (χ0v) is 17.0. The van der Waals surface area contributed by atoms with Gasteiger partial charge in [0.25, 0.3) is 11.8 Å². The SMILES string of the molecule is CCN(CC)c1ccc(NC(=O)c2cccc(C(=O)NCCOC)c2)c(C)c1. The van der Waals surface area contributed by atoms with Crippen LogP contribution in [0.1, 0.15) is 40.1 Å². The van der Waals surface area contributed by atoms with Crippen LogP contribution in [0.5, 0.6) is 0 Å². The van der Waals surface area contributed by atoms with Crippen LogP contribution in [-0.2, 0) is 4.74 Å². The minimum absolute atomic E-state index is 0.230. The summed E-state index contributed by atoms with van der Waals surface area (Å²) in [6, 6.07) is 12.7. The maximum atomic E-state index is 12.7. The number of methoxy groups -OCH3 is 1. The molecule has 2 N–H and O–H groups in total. The highest BCUT2D eigenvalue weighted by molar-refractivity contribution is 6.06. The molecule has 2 amide bonds. The number of anilines is 2. The Kier molecular flexibility index (Phi) is 8.02. The maximum Gasteiger partial charge on any atom is 0.255 e. The van der Waals surface area contributed by atoms with Gasteiger partial charge in [0.05, 0.1) is 6.61 Å². The molecule has 0 heterocycles. The third kappa shape index (κ3) is 5.57. The Morgan fingerprint density at radius 3 is 2.29 bits per heavy atom. The molecule has 0 aliphatic heterocycles. The molecule has 150 valence electrons. The van der Waals surface area contributed by atoms with E-state index < -0.39 is 0 Å². The summed E-state index contributed by atoms with van der Waals surface area (Å²) in [5, 5.41) is 5.69. The fourth-order valence-corrected chi connectivity index (χ4v) is 2.94. The molecular weight excluding hydrogens is 354 g/mol. The molecule has 6 heteroatoms. The molecule has 0 radical (unpaired) electrons. The quantitative estimate of drug-likeness (QED) is 0.651. The fourth-order valence-electron chi connectivity index (χ4n) is 2.94. The Labute approximate surface area is 166 Å². The summed E-state index contributed by atoms with van der Waals surface area (Å²) in [6.07, 6.45) is 0. The first-order valence-electron chi connectivity index (χ1n) is 9.54. The lowest BCUT2D eigenvalue weighted by atomic mass is 10.1. The number of nitrogens with zero attached hydrogens (tertiary/aromatic N) is 1. The number of ether oxygens (including phenoxy) is 1. The van der Waals surface area contributed by atoms with Gasteiger partial charge < -0.3 is 20.3 Å². The monoisotopic (exact) mass is 383 g/mol. The van der Waals surface area contributed by atoms with Crippen molar-refractivity contribution in [2.24, 2.45) is 0 Å². The molecule has 6 nitrogen and oxygen atoms in total. The molecule has 2 aromatic carbocycles. The van der Waals surface area contributed by atoms with Gasteiger partial charge in [-0.1, -0.05) is 6.07 Å². The number of nitrogens with one attached hydrogen (secondary N) is 2. The molecule has 0 fully saturated rings. The van der Waals surface area contributed by atoms with Gasteiger partial charge >= 0.3 is 0 Å². The lowest BCUT2D eigenvalue weighted by Gasteiger charge is -2.22. The van der Waals surface area contributed by atoms with E-state index >= 15 is 0 Å². The number of carbonyl (C=O) groups is 2. The van der Waals surface area contributed by atoms with E-state index in [1.807, 2.05) is 19.1 Å². The van der Waals surface area contributed by atoms with Crippen LogP contribution >= 0.6 is 0 Å². The molecule has 0 unspecified atom stereocenters. The van der Waals surface area contributed by atoms with Crippen molar-refractivity contribution in [1.29, 1.82) is 0 Å². The number of hydrogen-bond donors (Lipinski definition) is 2. The molecule has 0 aromatic heterocycles. The number of amides is 2. The molecule has 0 bridgehead atoms. The van der Waals surface area contributed by atoms with Crippen LogP contribution in [-0.4, -0.2) is 45.2 Å². The lowest BCUT2D eigenvalue weighted by Crippen LogP contribution is -2.27. The lowest BCUT2D eigenvalue weighted by molar-refractivity contribution is 0.0937. The largest absolute Gasteiger partial charge is 0.383 e. The highest BCUT2D eigenvalue weighted by Crippen LogP contribution is 2.23. The van der Waals surface area contributed by atoms with Crippen LogP contribution in [0, 0.1) is 6.92 Å². The minimum Gasteiger partial charge on any atom is -0.383 e. The van der Waals surface area contributed by atoms with Gasteiger partial charge in [0.2, 0.25) is 0 Å². The van der Waals surface area contributed by atoms with Gasteiger partial charge in [-0.2, -0.15) is 0 Å². The zero-order chi connectivity index (χ0) is 20.5. The van der Waals surface area contributed by atoms with Gasteiger partial charge in [0.15, 0.2) is 0 Å². The van der Waals surface area contributed by atoms with Gasteiger partial charge in [0, 0.05) is 49.2 Å². The van der Waals surface area contributed by atoms with Crippen molar-refractivity contribution in [1.82, 2.24) is 5.32 Å². The van der Waals surface area contributed by atoms with E-state index in [1.165, 1.54) is 0 Å². The number of hydrogen-bond acceptors (Lipinski definition) is 4. The van der Waals surface area contributed by atoms with E-state index in [2.05, 4.69) is 35.4 Å². The van der Waals surface area contributed by atoms with Crippen molar-refractivity contribution in [3.63, 3.8) is 0 Å². The molecule has 0 saturated carbocycles. The first-order valence-corrected chi connectivity index (χ1v) is 9.54. The van der Waals surface area contributed by atoms with Crippen molar-refractivity contribution >= 4 is 23.2 Å². The first-order chi connectivity index (χ1) is 13.5. The molecule has 2 rings (SSSR count). The van der Waals surface area contributed by atoms with Crippen LogP contribution in [0.4, 0.5) is 11.4 Å². The number of aryl methyl sites for hydroxylation is 1. The second-order valence-corrected chi connectivity index (χ2v) is 6.46. The Balaban J connectivity index is 2.10. The molecular formula is C22H29N3O3. The summed E-state index contributed by atoms with van der Waals surface area (Å²) < 4.78 is 4.92. The van der Waals surface area contributed by atoms with Gasteiger partial charge in [0.1, 0.15) is 0 Å². The second kappa shape index (κ2) is 10.5. The van der Waals surface area contributed by atoms with Gasteiger partial charge in [-0.15, -0.1) is 0 Å². The highest BCUT2D eigenvalue weighted by atomic mass is 16.5. The Hall–Kier alpha value is -2.86. The maximum absolute atomic E-state index is 12.7. The molecule has 0 aliphatic carbocycles. The van der Waals surface area contributed by atoms with E-state index in [1.54, 1.807) is 31.4 Å². The predicted octanol–water partition coefficient (Wildman–Crippen LogP) is 3.47. The van der Waals surface area contributed by atoms with Crippen molar-refractivity contribution in [3.05, 3.63) is 59.2 Å². The fraction of sp³-hybridized carbons (Fsp3) is 0.364. The number of benzene rings is 2. The second-order valence-electron chi connectivity index (χ2n) is 6.46. The zero-order valence-electron chi connectivity index (χ0n) is 17.0. The van der Waals surface area contributed by atoms with E-state index in [-0.39, 0.29) is 11.8 Å². The summed E-state index contributed by atoms with van der Waals surface area (Å²) >= 11 is 0. The number of rotatable bonds is 9. The van der Waals surface area contributed by atoms with E-state index in [9.17, 15) is 9.59 Å². The van der Waals surface area contributed by atoms with E-state index in [0.717, 1.165) is 30.0 Å². The standard InChI is InChI=1S/C22H29N3O3/c1-5-25(6-2)19-10-11-20(16(3)14-19)24-22(27)18-9-7-8-17(15-18)21(26)23-12-13-28-4/h7-11,14-15H,5-6,12-13H2,1-4H3,(H,23,26)(H,24,27). The van der Waals surface area contributed by atoms with Gasteiger partial charge in [-0.25, -0.2) is 0 Å². The minimum atomic E-state index is -0.245. The van der Waals surface area contributed by atoms with Crippen LogP contribution in [0.15, 0.2) is 42.5 Å². The van der Waals surface area contributed by atoms with E-state index in [4.69, 9.17) is 4.74 Å². The third-order valence-electron chi connectivity index (χ3n) is 4.57. The van der Waals surface area contributed by atoms with Crippen molar-refractivity contribution < 1.29 is 14.3 Å². The Bertz CT molecular complexity index is 816. The summed E-state index contributed by atoms with van der Waals surface area (Å²) in [6.45, 7) is 8.93. The molecule has 2 aromatic rings. The first kappa shape index (κ1) is 21.4. The highest BCUT2D eigenvalue weighted by Gasteiger charge is 2.12. The summed E-state index contributed by atoms with van der Waals surface area (Å²) in [5.41, 5.74) is 3.77. The van der Waals surface area contributed by atoms with Crippen LogP contribution in [0.2, 0.25) is 0 Å². The molecule has 0 saturated heterocycles. The van der Waals surface area contributed by atoms with Gasteiger partial charge in [-0.05, 0) is 62.7 Å². The van der Waals surface area contributed by atoms with Crippen molar-refractivity contribution in [3.8, 4) is 0 Å². The van der Waals surface area contributed by atoms with Crippen molar-refractivity contribution in [2.45, 2.75) is 20.8 Å². The Morgan fingerprint density at radius 1 is 1.00 bits per heavy atom. The third-order valence-corrected chi connectivity index (χ3v) is 4.57. The van der Waals surface area contributed by atoms with Crippen LogP contribution in [0.25, 0.3) is 0 Å². The van der Waals surface area contributed by atoms with Crippen molar-refractivity contribution in [2.75, 3.05) is 43.6 Å². The predicted molar refractivity (Wildman–Crippen MR) is 113 cm³/mol. The average molecular weight is 383 g/mol. The van der Waals surface area contributed by atoms with Gasteiger partial charge in [-0.3, -0.25) is 9.59 Å². The molecule has 0 atom stereocenters. The van der Waals surface area contributed by atoms with Crippen LogP contribution in [0.3, 0.4) is 0 Å². The molecule has 28 heavy (non-hydrogen) atoms. The molecule has 0 aliphatic rings.